The molecule has 0 unspecified atom stereocenters. The van der Waals surface area contributed by atoms with Gasteiger partial charge in [0.25, 0.3) is 0 Å². The predicted molar refractivity (Wildman–Crippen MR) is 116 cm³/mol. The van der Waals surface area contributed by atoms with Crippen molar-refractivity contribution in [1.82, 2.24) is 10.2 Å². The molecular weight excluding hydrogens is 376 g/mol. The van der Waals surface area contributed by atoms with Gasteiger partial charge in [-0.25, -0.2) is 0 Å². The Bertz CT molecular complexity index is 930. The Labute approximate surface area is 177 Å². The highest BCUT2D eigenvalue weighted by atomic mass is 16.3. The minimum absolute atomic E-state index is 0.133. The van der Waals surface area contributed by atoms with Crippen molar-refractivity contribution in [3.05, 3.63) is 108 Å². The largest absolute Gasteiger partial charge is 0.395 e. The van der Waals surface area contributed by atoms with Crippen LogP contribution in [-0.2, 0) is 22.6 Å². The molecule has 0 saturated carbocycles. The second-order valence-electron chi connectivity index (χ2n) is 7.00. The molecule has 5 heteroatoms. The summed E-state index contributed by atoms with van der Waals surface area (Å²) in [6, 6.07) is 27.6. The molecule has 0 heterocycles. The van der Waals surface area contributed by atoms with Crippen LogP contribution in [0.1, 0.15) is 22.7 Å². The maximum atomic E-state index is 13.4. The molecule has 30 heavy (non-hydrogen) atoms. The Hall–Kier alpha value is -3.44. The molecule has 2 amide bonds. The first-order chi connectivity index (χ1) is 14.7. The van der Waals surface area contributed by atoms with Gasteiger partial charge < -0.3 is 15.3 Å². The highest BCUT2D eigenvalue weighted by molar-refractivity contribution is 5.89. The van der Waals surface area contributed by atoms with Gasteiger partial charge in [-0.2, -0.15) is 0 Å². The van der Waals surface area contributed by atoms with Crippen LogP contribution in [0, 0.1) is 0 Å². The van der Waals surface area contributed by atoms with E-state index in [0.717, 1.165) is 16.7 Å². The van der Waals surface area contributed by atoms with Gasteiger partial charge >= 0.3 is 0 Å². The molecule has 0 aliphatic carbocycles. The fourth-order valence-corrected chi connectivity index (χ4v) is 3.36. The molecule has 3 aromatic rings. The first-order valence-electron chi connectivity index (χ1n) is 10.00. The van der Waals surface area contributed by atoms with Crippen molar-refractivity contribution in [1.29, 1.82) is 0 Å². The summed E-state index contributed by atoms with van der Waals surface area (Å²) < 4.78 is 0. The molecule has 0 radical (unpaired) electrons. The molecule has 1 atom stereocenters. The Morgan fingerprint density at radius 3 is 1.90 bits per heavy atom. The second kappa shape index (κ2) is 10.9. The van der Waals surface area contributed by atoms with E-state index in [4.69, 9.17) is 5.11 Å². The van der Waals surface area contributed by atoms with Crippen molar-refractivity contribution in [2.75, 3.05) is 13.2 Å². The smallest absolute Gasteiger partial charge is 0.247 e. The van der Waals surface area contributed by atoms with Crippen LogP contribution >= 0.6 is 0 Å². The molecule has 2 N–H and O–H groups in total. The zero-order chi connectivity index (χ0) is 21.2. The van der Waals surface area contributed by atoms with Crippen LogP contribution in [0.15, 0.2) is 91.0 Å². The van der Waals surface area contributed by atoms with Gasteiger partial charge in [0.15, 0.2) is 0 Å². The lowest BCUT2D eigenvalue weighted by Crippen LogP contribution is -2.44. The first-order valence-corrected chi connectivity index (χ1v) is 10.00. The van der Waals surface area contributed by atoms with E-state index in [-0.39, 0.29) is 31.4 Å². The molecule has 0 aromatic heterocycles. The van der Waals surface area contributed by atoms with Crippen LogP contribution in [0.3, 0.4) is 0 Å². The zero-order valence-electron chi connectivity index (χ0n) is 16.8. The number of hydrogen-bond acceptors (Lipinski definition) is 3. The molecule has 0 bridgehead atoms. The monoisotopic (exact) mass is 402 g/mol. The van der Waals surface area contributed by atoms with Gasteiger partial charge in [-0.1, -0.05) is 91.0 Å². The summed E-state index contributed by atoms with van der Waals surface area (Å²) in [6.45, 7) is 0.275. The van der Waals surface area contributed by atoms with Crippen LogP contribution < -0.4 is 5.32 Å². The number of rotatable bonds is 9. The third kappa shape index (κ3) is 5.78. The number of amides is 2. The van der Waals surface area contributed by atoms with Gasteiger partial charge in [0.2, 0.25) is 11.8 Å². The van der Waals surface area contributed by atoms with Crippen LogP contribution in [0.5, 0.6) is 0 Å². The molecular formula is C25H26N2O3. The number of benzene rings is 3. The fourth-order valence-electron chi connectivity index (χ4n) is 3.36. The molecule has 5 nitrogen and oxygen atoms in total. The van der Waals surface area contributed by atoms with Crippen LogP contribution in [0.4, 0.5) is 0 Å². The number of hydrogen-bond donors (Lipinski definition) is 2. The lowest BCUT2D eigenvalue weighted by Gasteiger charge is -2.31. The van der Waals surface area contributed by atoms with E-state index < -0.39 is 6.04 Å². The maximum Gasteiger partial charge on any atom is 0.247 e. The van der Waals surface area contributed by atoms with E-state index in [2.05, 4.69) is 5.32 Å². The Balaban J connectivity index is 1.97. The lowest BCUT2D eigenvalue weighted by molar-refractivity contribution is -0.141. The van der Waals surface area contributed by atoms with Crippen LogP contribution in [-0.4, -0.2) is 35.0 Å². The molecule has 0 aliphatic heterocycles. The quantitative estimate of drug-likeness (QED) is 0.578. The van der Waals surface area contributed by atoms with Gasteiger partial charge in [0, 0.05) is 13.1 Å². The van der Waals surface area contributed by atoms with Crippen molar-refractivity contribution >= 4 is 11.8 Å². The summed E-state index contributed by atoms with van der Waals surface area (Å²) in [6.07, 6.45) is 0.199. The van der Waals surface area contributed by atoms with E-state index in [9.17, 15) is 9.59 Å². The van der Waals surface area contributed by atoms with E-state index in [1.807, 2.05) is 91.0 Å². The number of nitrogens with one attached hydrogen (secondary N) is 1. The van der Waals surface area contributed by atoms with Gasteiger partial charge in [-0.3, -0.25) is 9.59 Å². The third-order valence-electron chi connectivity index (χ3n) is 4.80. The molecule has 0 spiro atoms. The number of carbonyl (C=O) groups excluding carboxylic acids is 2. The summed E-state index contributed by atoms with van der Waals surface area (Å²) in [5.74, 6) is -0.453. The Morgan fingerprint density at radius 1 is 0.800 bits per heavy atom. The summed E-state index contributed by atoms with van der Waals surface area (Å²) in [4.78, 5) is 28.1. The van der Waals surface area contributed by atoms with Crippen molar-refractivity contribution in [2.24, 2.45) is 0 Å². The van der Waals surface area contributed by atoms with E-state index in [1.54, 1.807) is 4.90 Å². The normalized spacial score (nSPS) is 11.5. The zero-order valence-corrected chi connectivity index (χ0v) is 16.8. The van der Waals surface area contributed by atoms with Crippen molar-refractivity contribution < 1.29 is 14.7 Å². The maximum absolute atomic E-state index is 13.4. The molecule has 3 aromatic carbocycles. The number of aliphatic hydroxyl groups excluding tert-OH is 1. The van der Waals surface area contributed by atoms with E-state index >= 15 is 0 Å². The van der Waals surface area contributed by atoms with Crippen LogP contribution in [0.25, 0.3) is 0 Å². The van der Waals surface area contributed by atoms with Crippen molar-refractivity contribution in [2.45, 2.75) is 19.0 Å². The van der Waals surface area contributed by atoms with Crippen LogP contribution in [0.2, 0.25) is 0 Å². The Kier molecular flexibility index (Phi) is 7.75. The van der Waals surface area contributed by atoms with E-state index in [0.29, 0.717) is 6.54 Å². The lowest BCUT2D eigenvalue weighted by atomic mass is 10.0. The second-order valence-corrected chi connectivity index (χ2v) is 7.00. The molecule has 3 rings (SSSR count). The van der Waals surface area contributed by atoms with Gasteiger partial charge in [-0.05, 0) is 16.7 Å². The average Bonchev–Trinajstić information content (AvgIpc) is 2.79. The molecule has 154 valence electrons. The van der Waals surface area contributed by atoms with Crippen molar-refractivity contribution in [3.63, 3.8) is 0 Å². The molecule has 0 saturated heterocycles. The number of aliphatic hydroxyl groups is 1. The minimum atomic E-state index is -0.797. The average molecular weight is 402 g/mol. The molecule has 0 fully saturated rings. The highest BCUT2D eigenvalue weighted by Gasteiger charge is 2.31. The third-order valence-corrected chi connectivity index (χ3v) is 4.80. The summed E-state index contributed by atoms with van der Waals surface area (Å²) in [7, 11) is 0. The minimum Gasteiger partial charge on any atom is -0.395 e. The predicted octanol–water partition coefficient (Wildman–Crippen LogP) is 3.11. The number of nitrogens with zero attached hydrogens (tertiary/aromatic N) is 1. The Morgan fingerprint density at radius 2 is 1.33 bits per heavy atom. The highest BCUT2D eigenvalue weighted by Crippen LogP contribution is 2.25. The summed E-state index contributed by atoms with van der Waals surface area (Å²) in [5, 5.41) is 11.9. The molecule has 0 aliphatic rings. The van der Waals surface area contributed by atoms with Gasteiger partial charge in [0.05, 0.1) is 13.0 Å². The van der Waals surface area contributed by atoms with Gasteiger partial charge in [-0.15, -0.1) is 0 Å². The number of carbonyl (C=O) groups is 2. The SMILES string of the molecule is O=C(NCCO)[C@H](c1ccccc1)N(Cc1ccccc1)C(=O)Cc1ccccc1. The first kappa shape index (κ1) is 21.3. The summed E-state index contributed by atoms with van der Waals surface area (Å²) >= 11 is 0. The van der Waals surface area contributed by atoms with Crippen molar-refractivity contribution in [3.8, 4) is 0 Å². The summed E-state index contributed by atoms with van der Waals surface area (Å²) in [5.41, 5.74) is 2.56. The van der Waals surface area contributed by atoms with Gasteiger partial charge in [0.1, 0.15) is 6.04 Å². The topological polar surface area (TPSA) is 69.6 Å². The fraction of sp³-hybridized carbons (Fsp3) is 0.200. The standard InChI is InChI=1S/C25H26N2O3/c28-17-16-26-25(30)24(22-14-8-3-9-15-22)27(19-21-12-6-2-7-13-21)23(29)18-20-10-4-1-5-11-20/h1-15,24,28H,16-19H2,(H,26,30)/t24-/m0/s1. The van der Waals surface area contributed by atoms with E-state index in [1.165, 1.54) is 0 Å².